The van der Waals surface area contributed by atoms with Crippen LogP contribution >= 0.6 is 0 Å². The summed E-state index contributed by atoms with van der Waals surface area (Å²) >= 11 is 0. The minimum atomic E-state index is -0.240. The van der Waals surface area contributed by atoms with E-state index in [1.54, 1.807) is 0 Å². The molecular weight excluding hydrogens is 374 g/mol. The van der Waals surface area contributed by atoms with Gasteiger partial charge in [-0.15, -0.1) is 0 Å². The Balaban J connectivity index is 1.79. The molecule has 0 aliphatic carbocycles. The van der Waals surface area contributed by atoms with E-state index in [4.69, 9.17) is 0 Å². The van der Waals surface area contributed by atoms with E-state index in [0.29, 0.717) is 18.9 Å². The van der Waals surface area contributed by atoms with Gasteiger partial charge in [-0.3, -0.25) is 10.1 Å². The zero-order valence-electron chi connectivity index (χ0n) is 18.6. The van der Waals surface area contributed by atoms with Crippen LogP contribution in [0.4, 0.5) is 0 Å². The maximum atomic E-state index is 13.0. The molecule has 0 saturated heterocycles. The number of rotatable bonds is 6. The van der Waals surface area contributed by atoms with E-state index in [0.717, 1.165) is 12.2 Å². The lowest BCUT2D eigenvalue weighted by atomic mass is 9.94. The molecule has 2 atom stereocenters. The molecule has 0 spiro atoms. The topological polar surface area (TPSA) is 63.9 Å². The first-order chi connectivity index (χ1) is 14.3. The molecule has 0 fully saturated rings. The highest BCUT2D eigenvalue weighted by Crippen LogP contribution is 2.36. The number of nitrogens with one attached hydrogen (secondary N) is 2. The number of amides is 1. The van der Waals surface area contributed by atoms with Crippen molar-refractivity contribution < 1.29 is 4.79 Å². The summed E-state index contributed by atoms with van der Waals surface area (Å²) in [7, 11) is 2.03. The van der Waals surface area contributed by atoms with Crippen LogP contribution < -0.4 is 10.6 Å². The van der Waals surface area contributed by atoms with Crippen molar-refractivity contribution in [3.8, 4) is 0 Å². The molecule has 3 aromatic rings. The first-order valence-corrected chi connectivity index (χ1v) is 11.0. The Labute approximate surface area is 178 Å². The number of nitrogens with zero attached hydrogens (tertiary/aromatic N) is 3. The summed E-state index contributed by atoms with van der Waals surface area (Å²) in [5.74, 6) is 1.63. The lowest BCUT2D eigenvalue weighted by molar-refractivity contribution is -0.123. The third-order valence-corrected chi connectivity index (χ3v) is 5.91. The van der Waals surface area contributed by atoms with Gasteiger partial charge in [0, 0.05) is 48.6 Å². The van der Waals surface area contributed by atoms with E-state index in [1.165, 1.54) is 22.0 Å². The minimum absolute atomic E-state index is 0.0802. The molecule has 4 rings (SSSR count). The third kappa shape index (κ3) is 4.01. The Bertz CT molecular complexity index is 1050. The molecule has 2 aromatic heterocycles. The van der Waals surface area contributed by atoms with E-state index in [-0.39, 0.29) is 24.0 Å². The van der Waals surface area contributed by atoms with Crippen molar-refractivity contribution in [2.45, 2.75) is 65.2 Å². The van der Waals surface area contributed by atoms with E-state index < -0.39 is 0 Å². The van der Waals surface area contributed by atoms with Crippen molar-refractivity contribution in [1.82, 2.24) is 24.8 Å². The summed E-state index contributed by atoms with van der Waals surface area (Å²) in [4.78, 5) is 17.5. The fourth-order valence-electron chi connectivity index (χ4n) is 4.58. The summed E-state index contributed by atoms with van der Waals surface area (Å²) in [6.07, 6.45) is 7.72. The number of imidazole rings is 1. The fourth-order valence-corrected chi connectivity index (χ4v) is 4.58. The van der Waals surface area contributed by atoms with E-state index in [1.807, 2.05) is 33.3 Å². The monoisotopic (exact) mass is 407 g/mol. The summed E-state index contributed by atoms with van der Waals surface area (Å²) < 4.78 is 4.34. The van der Waals surface area contributed by atoms with Crippen molar-refractivity contribution in [2.24, 2.45) is 13.0 Å². The maximum absolute atomic E-state index is 13.0. The molecule has 30 heavy (non-hydrogen) atoms. The highest BCUT2D eigenvalue weighted by Gasteiger charge is 2.31. The summed E-state index contributed by atoms with van der Waals surface area (Å²) in [5, 5.41) is 8.08. The standard InChI is InChI=1S/C24H33N5O/c1-15(2)11-19-18-7-6-8-21-23(18)17(12-20(27-19)24(30)26-16(3)4)13-29(21)14-22-25-9-10-28(22)5/h6-10,13,15-16,19-20,27H,11-12,14H2,1-5H3,(H,26,30). The third-order valence-electron chi connectivity index (χ3n) is 5.91. The van der Waals surface area contributed by atoms with Crippen LogP contribution in [0.2, 0.25) is 0 Å². The Morgan fingerprint density at radius 1 is 1.30 bits per heavy atom. The van der Waals surface area contributed by atoms with Crippen molar-refractivity contribution >= 4 is 16.8 Å². The summed E-state index contributed by atoms with van der Waals surface area (Å²) in [6, 6.07) is 6.59. The van der Waals surface area contributed by atoms with Crippen LogP contribution in [0.5, 0.6) is 0 Å². The summed E-state index contributed by atoms with van der Waals surface area (Å²) in [5.41, 5.74) is 3.75. The van der Waals surface area contributed by atoms with Gasteiger partial charge in [0.05, 0.1) is 12.6 Å². The van der Waals surface area contributed by atoms with E-state index >= 15 is 0 Å². The molecule has 1 aromatic carbocycles. The molecule has 2 unspecified atom stereocenters. The van der Waals surface area contributed by atoms with Crippen LogP contribution in [-0.4, -0.2) is 32.1 Å². The molecule has 160 valence electrons. The molecule has 0 saturated carbocycles. The van der Waals surface area contributed by atoms with Gasteiger partial charge >= 0.3 is 0 Å². The Kier molecular flexibility index (Phi) is 5.69. The van der Waals surface area contributed by atoms with Crippen molar-refractivity contribution in [3.05, 3.63) is 53.7 Å². The predicted molar refractivity (Wildman–Crippen MR) is 120 cm³/mol. The number of aromatic nitrogens is 3. The van der Waals surface area contributed by atoms with Crippen LogP contribution in [-0.2, 0) is 24.8 Å². The van der Waals surface area contributed by atoms with Crippen LogP contribution in [0.3, 0.4) is 0 Å². The minimum Gasteiger partial charge on any atom is -0.353 e. The van der Waals surface area contributed by atoms with Gasteiger partial charge in [0.15, 0.2) is 0 Å². The second-order valence-corrected chi connectivity index (χ2v) is 9.25. The fraction of sp³-hybridized carbons (Fsp3) is 0.500. The Hall–Kier alpha value is -2.60. The van der Waals surface area contributed by atoms with E-state index in [9.17, 15) is 4.79 Å². The zero-order valence-corrected chi connectivity index (χ0v) is 18.6. The largest absolute Gasteiger partial charge is 0.353 e. The van der Waals surface area contributed by atoms with Crippen molar-refractivity contribution in [2.75, 3.05) is 0 Å². The van der Waals surface area contributed by atoms with Crippen LogP contribution in [0.15, 0.2) is 36.8 Å². The van der Waals surface area contributed by atoms with Gasteiger partial charge in [0.2, 0.25) is 5.91 Å². The number of hydrogen-bond acceptors (Lipinski definition) is 3. The second kappa shape index (κ2) is 8.26. The lowest BCUT2D eigenvalue weighted by Crippen LogP contribution is -2.48. The molecule has 0 radical (unpaired) electrons. The molecule has 0 bridgehead atoms. The van der Waals surface area contributed by atoms with Gasteiger partial charge in [-0.1, -0.05) is 26.0 Å². The number of carbonyl (C=O) groups excluding carboxylic acids is 1. The molecule has 1 aliphatic heterocycles. The van der Waals surface area contributed by atoms with Crippen LogP contribution in [0.25, 0.3) is 10.9 Å². The molecule has 6 heteroatoms. The van der Waals surface area contributed by atoms with Crippen molar-refractivity contribution in [1.29, 1.82) is 0 Å². The van der Waals surface area contributed by atoms with Gasteiger partial charge in [-0.25, -0.2) is 4.98 Å². The first kappa shape index (κ1) is 20.7. The number of carbonyl (C=O) groups is 1. The molecule has 1 aliphatic rings. The van der Waals surface area contributed by atoms with Gasteiger partial charge in [0.1, 0.15) is 5.82 Å². The number of hydrogen-bond donors (Lipinski definition) is 2. The molecule has 2 N–H and O–H groups in total. The molecule has 3 heterocycles. The molecular formula is C24H33N5O. The van der Waals surface area contributed by atoms with Gasteiger partial charge < -0.3 is 14.5 Å². The first-order valence-electron chi connectivity index (χ1n) is 11.0. The average Bonchev–Trinajstić information content (AvgIpc) is 3.18. The zero-order chi connectivity index (χ0) is 21.4. The number of benzene rings is 1. The second-order valence-electron chi connectivity index (χ2n) is 9.25. The van der Waals surface area contributed by atoms with Gasteiger partial charge in [0.25, 0.3) is 0 Å². The number of aryl methyl sites for hydroxylation is 1. The van der Waals surface area contributed by atoms with E-state index in [2.05, 4.69) is 63.0 Å². The van der Waals surface area contributed by atoms with Crippen LogP contribution in [0, 0.1) is 5.92 Å². The van der Waals surface area contributed by atoms with Gasteiger partial charge in [-0.2, -0.15) is 0 Å². The average molecular weight is 408 g/mol. The normalized spacial score (nSPS) is 18.9. The smallest absolute Gasteiger partial charge is 0.237 e. The maximum Gasteiger partial charge on any atom is 0.237 e. The summed E-state index contributed by atoms with van der Waals surface area (Å²) in [6.45, 7) is 9.22. The highest BCUT2D eigenvalue weighted by atomic mass is 16.2. The molecule has 6 nitrogen and oxygen atoms in total. The molecule has 1 amide bonds. The quantitative estimate of drug-likeness (QED) is 0.657. The lowest BCUT2D eigenvalue weighted by Gasteiger charge is -2.26. The van der Waals surface area contributed by atoms with Gasteiger partial charge in [-0.05, 0) is 49.8 Å². The van der Waals surface area contributed by atoms with Crippen LogP contribution in [0.1, 0.15) is 57.1 Å². The Morgan fingerprint density at radius 2 is 2.10 bits per heavy atom. The highest BCUT2D eigenvalue weighted by molar-refractivity contribution is 5.90. The predicted octanol–water partition coefficient (Wildman–Crippen LogP) is 3.55. The SMILES string of the molecule is CC(C)CC1NC(C(=O)NC(C)C)Cc2cn(Cc3nccn3C)c3cccc1c23. The Morgan fingerprint density at radius 3 is 2.77 bits per heavy atom. The van der Waals surface area contributed by atoms with Crippen molar-refractivity contribution in [3.63, 3.8) is 0 Å².